The third-order valence-corrected chi connectivity index (χ3v) is 7.24. The number of carbonyl (C=O) groups excluding carboxylic acids is 3. The van der Waals surface area contributed by atoms with Crippen LogP contribution in [0.1, 0.15) is 87.1 Å². The average Bonchev–Trinajstić information content (AvgIpc) is 3.63. The van der Waals surface area contributed by atoms with Crippen molar-refractivity contribution in [2.45, 2.75) is 72.3 Å². The van der Waals surface area contributed by atoms with Crippen molar-refractivity contribution in [2.75, 3.05) is 30.8 Å². The molecule has 11 heteroatoms. The van der Waals surface area contributed by atoms with Crippen LogP contribution in [0.2, 0.25) is 5.02 Å². The van der Waals surface area contributed by atoms with Gasteiger partial charge >= 0.3 is 5.97 Å². The van der Waals surface area contributed by atoms with Gasteiger partial charge in [-0.15, -0.1) is 0 Å². The standard InChI is InChI=1S/C21H21ClN4O5.C9H19N/c1-4-5-11(2)19(27)26-17-16-14(8-12(9-24-16)21(29)30-3)31-18(17)20(28)25-15-7-6-13(22)10-23-15;1-3-6-9(2)10-7-4-5-8-10/h6-11H,4-5H2,1-3H3,(H,26,27)(H,23,25,28);9H,3-8H2,1-2H3/t11-;/m0./s1. The van der Waals surface area contributed by atoms with Gasteiger partial charge < -0.3 is 24.7 Å². The lowest BCUT2D eigenvalue weighted by Gasteiger charge is -2.22. The number of rotatable bonds is 10. The van der Waals surface area contributed by atoms with Crippen LogP contribution in [0, 0.1) is 5.92 Å². The topological polar surface area (TPSA) is 127 Å². The van der Waals surface area contributed by atoms with Crippen molar-refractivity contribution in [1.82, 2.24) is 14.9 Å². The van der Waals surface area contributed by atoms with Crippen molar-refractivity contribution in [3.63, 3.8) is 0 Å². The number of amides is 2. The number of halogens is 1. The van der Waals surface area contributed by atoms with E-state index in [9.17, 15) is 14.4 Å². The van der Waals surface area contributed by atoms with Crippen LogP contribution in [0.3, 0.4) is 0 Å². The number of furan rings is 1. The maximum Gasteiger partial charge on any atom is 0.339 e. The molecule has 222 valence electrons. The summed E-state index contributed by atoms with van der Waals surface area (Å²) in [6.07, 6.45) is 9.74. The van der Waals surface area contributed by atoms with Gasteiger partial charge in [0.15, 0.2) is 5.58 Å². The van der Waals surface area contributed by atoms with Crippen molar-refractivity contribution in [3.05, 3.63) is 46.9 Å². The van der Waals surface area contributed by atoms with E-state index >= 15 is 0 Å². The molecule has 2 amide bonds. The summed E-state index contributed by atoms with van der Waals surface area (Å²) >= 11 is 5.82. The van der Waals surface area contributed by atoms with E-state index in [4.69, 9.17) is 20.8 Å². The largest absolute Gasteiger partial charge is 0.465 e. The van der Waals surface area contributed by atoms with Gasteiger partial charge in [0.2, 0.25) is 11.7 Å². The summed E-state index contributed by atoms with van der Waals surface area (Å²) in [6.45, 7) is 11.1. The third-order valence-electron chi connectivity index (χ3n) is 7.01. The minimum absolute atomic E-state index is 0.117. The zero-order valence-corrected chi connectivity index (χ0v) is 25.2. The number of ether oxygens (including phenoxy) is 1. The summed E-state index contributed by atoms with van der Waals surface area (Å²) in [5, 5.41) is 5.75. The van der Waals surface area contributed by atoms with E-state index in [1.54, 1.807) is 13.0 Å². The number of carbonyl (C=O) groups is 3. The molecule has 3 aromatic heterocycles. The summed E-state index contributed by atoms with van der Waals surface area (Å²) in [5.74, 6) is -1.73. The number of methoxy groups -OCH3 is 1. The number of aromatic nitrogens is 2. The smallest absolute Gasteiger partial charge is 0.339 e. The second kappa shape index (κ2) is 15.5. The highest BCUT2D eigenvalue weighted by molar-refractivity contribution is 6.30. The Labute approximate surface area is 246 Å². The summed E-state index contributed by atoms with van der Waals surface area (Å²) < 4.78 is 10.4. The van der Waals surface area contributed by atoms with E-state index in [0.29, 0.717) is 11.4 Å². The summed E-state index contributed by atoms with van der Waals surface area (Å²) in [7, 11) is 1.24. The van der Waals surface area contributed by atoms with Crippen LogP contribution in [-0.4, -0.2) is 58.9 Å². The van der Waals surface area contributed by atoms with Gasteiger partial charge in [-0.2, -0.15) is 0 Å². The minimum atomic E-state index is -0.647. The monoisotopic (exact) mass is 585 g/mol. The molecular weight excluding hydrogens is 546 g/mol. The highest BCUT2D eigenvalue weighted by atomic mass is 35.5. The Balaban J connectivity index is 0.000000389. The Morgan fingerprint density at radius 2 is 1.76 bits per heavy atom. The minimum Gasteiger partial charge on any atom is -0.465 e. The fraction of sp³-hybridized carbons (Fsp3) is 0.500. The van der Waals surface area contributed by atoms with Crippen LogP contribution in [0.25, 0.3) is 11.1 Å². The van der Waals surface area contributed by atoms with Crippen LogP contribution in [-0.2, 0) is 9.53 Å². The van der Waals surface area contributed by atoms with Crippen LogP contribution >= 0.6 is 11.6 Å². The lowest BCUT2D eigenvalue weighted by atomic mass is 10.1. The van der Waals surface area contributed by atoms with E-state index in [0.717, 1.165) is 12.5 Å². The molecule has 41 heavy (non-hydrogen) atoms. The number of nitrogens with zero attached hydrogens (tertiary/aromatic N) is 3. The van der Waals surface area contributed by atoms with Crippen molar-refractivity contribution in [3.8, 4) is 0 Å². The molecule has 0 aromatic carbocycles. The number of pyridine rings is 2. The highest BCUT2D eigenvalue weighted by Crippen LogP contribution is 2.31. The molecule has 0 radical (unpaired) electrons. The molecule has 1 fully saturated rings. The quantitative estimate of drug-likeness (QED) is 0.256. The molecule has 2 N–H and O–H groups in total. The first-order chi connectivity index (χ1) is 19.7. The number of nitrogens with one attached hydrogen (secondary N) is 2. The van der Waals surface area contributed by atoms with Gasteiger partial charge in [-0.1, -0.05) is 45.2 Å². The van der Waals surface area contributed by atoms with Crippen molar-refractivity contribution < 1.29 is 23.5 Å². The molecule has 4 heterocycles. The molecular formula is C30H40ClN5O5. The van der Waals surface area contributed by atoms with Gasteiger partial charge in [-0.3, -0.25) is 9.59 Å². The number of fused-ring (bicyclic) bond motifs is 1. The van der Waals surface area contributed by atoms with Gasteiger partial charge in [-0.05, 0) is 63.9 Å². The number of esters is 1. The Morgan fingerprint density at radius 3 is 2.37 bits per heavy atom. The van der Waals surface area contributed by atoms with Crippen LogP contribution in [0.4, 0.5) is 11.5 Å². The zero-order valence-electron chi connectivity index (χ0n) is 24.5. The molecule has 10 nitrogen and oxygen atoms in total. The van der Waals surface area contributed by atoms with Gasteiger partial charge in [0.05, 0.1) is 17.7 Å². The molecule has 0 saturated carbocycles. The van der Waals surface area contributed by atoms with E-state index in [1.807, 2.05) is 6.92 Å². The molecule has 0 aliphatic carbocycles. The Morgan fingerprint density at radius 1 is 1.05 bits per heavy atom. The second-order valence-corrected chi connectivity index (χ2v) is 10.7. The molecule has 2 atom stereocenters. The van der Waals surface area contributed by atoms with Gasteiger partial charge in [0.25, 0.3) is 5.91 Å². The zero-order chi connectivity index (χ0) is 29.9. The van der Waals surface area contributed by atoms with Crippen molar-refractivity contribution in [2.24, 2.45) is 5.92 Å². The molecule has 1 aliphatic rings. The Kier molecular flexibility index (Phi) is 12.1. The molecule has 1 unspecified atom stereocenters. The predicted molar refractivity (Wildman–Crippen MR) is 160 cm³/mol. The number of hydrogen-bond donors (Lipinski definition) is 2. The maximum atomic E-state index is 12.9. The fourth-order valence-electron chi connectivity index (χ4n) is 4.70. The molecule has 0 bridgehead atoms. The summed E-state index contributed by atoms with van der Waals surface area (Å²) in [4.78, 5) is 48.2. The Bertz CT molecular complexity index is 1320. The molecule has 3 aromatic rings. The van der Waals surface area contributed by atoms with Crippen LogP contribution in [0.15, 0.2) is 35.0 Å². The first kappa shape index (κ1) is 32.0. The van der Waals surface area contributed by atoms with Crippen molar-refractivity contribution >= 4 is 52.0 Å². The third kappa shape index (κ3) is 8.74. The van der Waals surface area contributed by atoms with E-state index < -0.39 is 11.9 Å². The van der Waals surface area contributed by atoms with Crippen LogP contribution < -0.4 is 10.6 Å². The number of hydrogen-bond acceptors (Lipinski definition) is 8. The maximum absolute atomic E-state index is 12.9. The summed E-state index contributed by atoms with van der Waals surface area (Å²) in [5.41, 5.74) is 0.646. The van der Waals surface area contributed by atoms with E-state index in [2.05, 4.69) is 39.3 Å². The summed E-state index contributed by atoms with van der Waals surface area (Å²) in [6, 6.07) is 5.34. The molecule has 4 rings (SSSR count). The van der Waals surface area contributed by atoms with Gasteiger partial charge in [0.1, 0.15) is 17.0 Å². The van der Waals surface area contributed by atoms with E-state index in [1.165, 1.54) is 70.4 Å². The van der Waals surface area contributed by atoms with Gasteiger partial charge in [-0.25, -0.2) is 14.8 Å². The number of likely N-dealkylation sites (tertiary alicyclic amines) is 1. The molecule has 0 spiro atoms. The molecule has 1 saturated heterocycles. The average molecular weight is 586 g/mol. The van der Waals surface area contributed by atoms with Crippen LogP contribution in [0.5, 0.6) is 0 Å². The predicted octanol–water partition coefficient (Wildman–Crippen LogP) is 6.56. The lowest BCUT2D eigenvalue weighted by molar-refractivity contribution is -0.119. The van der Waals surface area contributed by atoms with Gasteiger partial charge in [0, 0.05) is 24.4 Å². The number of anilines is 2. The second-order valence-electron chi connectivity index (χ2n) is 10.2. The fourth-order valence-corrected chi connectivity index (χ4v) is 4.81. The SMILES string of the molecule is CCCC(C)N1CCCC1.CCC[C@H](C)C(=O)Nc1c(C(=O)Nc2ccc(Cl)cn2)oc2cc(C(=O)OC)cnc12. The Hall–Kier alpha value is -3.50. The first-order valence-corrected chi connectivity index (χ1v) is 14.5. The van der Waals surface area contributed by atoms with Crippen molar-refractivity contribution in [1.29, 1.82) is 0 Å². The lowest BCUT2D eigenvalue weighted by Crippen LogP contribution is -2.29. The first-order valence-electron chi connectivity index (χ1n) is 14.2. The normalized spacial score (nSPS) is 14.6. The molecule has 1 aliphatic heterocycles. The van der Waals surface area contributed by atoms with E-state index in [-0.39, 0.29) is 45.8 Å². The highest BCUT2D eigenvalue weighted by Gasteiger charge is 2.26.